The van der Waals surface area contributed by atoms with Gasteiger partial charge in [-0.25, -0.2) is 0 Å². The summed E-state index contributed by atoms with van der Waals surface area (Å²) in [5, 5.41) is 0. The van der Waals surface area contributed by atoms with E-state index in [1.807, 2.05) is 0 Å². The SMILES string of the molecule is CCCC(CCC)C(=O)OC1C[C@H]2[C@@H]3O[C@@H]3[C@H](C1)[N+]2(C)C(C)C.[Br-]. The Hall–Kier alpha value is -0.130. The number of hydrogen-bond donors (Lipinski definition) is 0. The maximum Gasteiger partial charge on any atom is 0.309 e. The first kappa shape index (κ1) is 20.2. The van der Waals surface area contributed by atoms with Gasteiger partial charge in [0.05, 0.1) is 19.0 Å². The van der Waals surface area contributed by atoms with E-state index in [2.05, 4.69) is 34.7 Å². The lowest BCUT2D eigenvalue weighted by Gasteiger charge is -2.51. The lowest BCUT2D eigenvalue weighted by atomic mass is 9.93. The second kappa shape index (κ2) is 7.63. The molecule has 3 aliphatic heterocycles. The normalized spacial score (nSPS) is 39.5. The van der Waals surface area contributed by atoms with Crippen LogP contribution in [0.25, 0.3) is 0 Å². The van der Waals surface area contributed by atoms with E-state index in [0.29, 0.717) is 30.3 Å². The monoisotopic (exact) mass is 403 g/mol. The van der Waals surface area contributed by atoms with Crippen LogP contribution in [0.3, 0.4) is 0 Å². The first-order valence-electron chi connectivity index (χ1n) is 9.64. The molecule has 0 N–H and O–H groups in total. The van der Waals surface area contributed by atoms with E-state index in [4.69, 9.17) is 9.47 Å². The molecule has 3 aliphatic rings. The van der Waals surface area contributed by atoms with Crippen molar-refractivity contribution in [1.82, 2.24) is 0 Å². The van der Waals surface area contributed by atoms with Crippen LogP contribution in [0.2, 0.25) is 0 Å². The Balaban J connectivity index is 0.00000208. The average molecular weight is 404 g/mol. The Morgan fingerprint density at radius 3 is 2.04 bits per heavy atom. The van der Waals surface area contributed by atoms with Gasteiger partial charge in [0, 0.05) is 12.8 Å². The summed E-state index contributed by atoms with van der Waals surface area (Å²) in [6.07, 6.45) is 6.91. The third-order valence-electron chi connectivity index (χ3n) is 6.76. The zero-order valence-corrected chi connectivity index (χ0v) is 17.4. The van der Waals surface area contributed by atoms with Gasteiger partial charge in [-0.05, 0) is 26.7 Å². The van der Waals surface area contributed by atoms with Gasteiger partial charge in [-0.1, -0.05) is 26.7 Å². The number of quaternary nitrogens is 1. The minimum Gasteiger partial charge on any atom is -1.00 e. The third-order valence-corrected chi connectivity index (χ3v) is 6.76. The fourth-order valence-corrected chi connectivity index (χ4v) is 5.19. The fourth-order valence-electron chi connectivity index (χ4n) is 5.19. The molecule has 3 fully saturated rings. The van der Waals surface area contributed by atoms with Gasteiger partial charge in [-0.3, -0.25) is 4.79 Å². The number of nitrogens with zero attached hydrogens (tertiary/aromatic N) is 1. The van der Waals surface area contributed by atoms with Gasteiger partial charge in [-0.2, -0.15) is 0 Å². The number of rotatable bonds is 7. The molecule has 0 aliphatic carbocycles. The highest BCUT2D eigenvalue weighted by atomic mass is 79.9. The van der Waals surface area contributed by atoms with Crippen LogP contribution in [0.15, 0.2) is 0 Å². The molecule has 3 rings (SSSR count). The molecule has 24 heavy (non-hydrogen) atoms. The Kier molecular flexibility index (Phi) is 6.41. The largest absolute Gasteiger partial charge is 1.00 e. The first-order chi connectivity index (χ1) is 10.9. The Morgan fingerprint density at radius 2 is 1.62 bits per heavy atom. The summed E-state index contributed by atoms with van der Waals surface area (Å²) in [4.78, 5) is 12.6. The minimum absolute atomic E-state index is 0. The van der Waals surface area contributed by atoms with Crippen LogP contribution < -0.4 is 17.0 Å². The molecule has 3 heterocycles. The van der Waals surface area contributed by atoms with Crippen LogP contribution >= 0.6 is 0 Å². The molecule has 0 aromatic carbocycles. The molecule has 0 amide bonds. The molecular weight excluding hydrogens is 370 g/mol. The number of esters is 1. The van der Waals surface area contributed by atoms with Gasteiger partial charge in [0.15, 0.2) is 0 Å². The Labute approximate surface area is 157 Å². The standard InChI is InChI=1S/C19H34NO3.BrH/c1-6-8-13(9-7-2)19(21)22-14-10-15-17-18(23-17)16(11-14)20(15,5)12(3)4;/h12-18H,6-11H2,1-5H3;1H/q+1;/p-1/t14?,15-,16-,17-,18+,20?;/m0./s1. The van der Waals surface area contributed by atoms with Gasteiger partial charge >= 0.3 is 5.97 Å². The third kappa shape index (κ3) is 3.28. The van der Waals surface area contributed by atoms with Crippen LogP contribution in [0.5, 0.6) is 0 Å². The number of fused-ring (bicyclic) bond motifs is 5. The van der Waals surface area contributed by atoms with Crippen molar-refractivity contribution in [2.75, 3.05) is 7.05 Å². The van der Waals surface area contributed by atoms with E-state index in [1.54, 1.807) is 0 Å². The Morgan fingerprint density at radius 1 is 1.12 bits per heavy atom. The van der Waals surface area contributed by atoms with Crippen molar-refractivity contribution in [2.45, 2.75) is 103 Å². The van der Waals surface area contributed by atoms with Crippen LogP contribution in [-0.4, -0.2) is 53.9 Å². The molecular formula is C19H34BrNO3. The van der Waals surface area contributed by atoms with E-state index in [-0.39, 0.29) is 35.0 Å². The molecule has 2 unspecified atom stereocenters. The van der Waals surface area contributed by atoms with Crippen LogP contribution in [0.1, 0.15) is 66.2 Å². The first-order valence-corrected chi connectivity index (χ1v) is 9.64. The lowest BCUT2D eigenvalue weighted by Crippen LogP contribution is -3.00. The number of halogens is 1. The molecule has 6 atom stereocenters. The fraction of sp³-hybridized carbons (Fsp3) is 0.947. The summed E-state index contributed by atoms with van der Waals surface area (Å²) in [6, 6.07) is 1.62. The number of piperidine rings is 1. The number of ether oxygens (including phenoxy) is 2. The van der Waals surface area contributed by atoms with Crippen LogP contribution in [0, 0.1) is 5.92 Å². The van der Waals surface area contributed by atoms with E-state index >= 15 is 0 Å². The molecule has 0 saturated carbocycles. The summed E-state index contributed by atoms with van der Waals surface area (Å²) in [7, 11) is 2.38. The Bertz CT molecular complexity index is 432. The minimum atomic E-state index is 0. The quantitative estimate of drug-likeness (QED) is 0.348. The zero-order valence-electron chi connectivity index (χ0n) is 15.8. The summed E-state index contributed by atoms with van der Waals surface area (Å²) in [5.74, 6) is 0.148. The van der Waals surface area contributed by atoms with E-state index in [1.165, 1.54) is 0 Å². The molecule has 2 bridgehead atoms. The van der Waals surface area contributed by atoms with Crippen molar-refractivity contribution >= 4 is 5.97 Å². The summed E-state index contributed by atoms with van der Waals surface area (Å²) in [6.45, 7) is 8.92. The highest BCUT2D eigenvalue weighted by Gasteiger charge is 2.72. The van der Waals surface area contributed by atoms with Gasteiger partial charge in [-0.15, -0.1) is 0 Å². The molecule has 3 saturated heterocycles. The van der Waals surface area contributed by atoms with Crippen molar-refractivity contribution in [1.29, 1.82) is 0 Å². The predicted molar refractivity (Wildman–Crippen MR) is 90.0 cm³/mol. The van der Waals surface area contributed by atoms with Crippen LogP contribution in [-0.2, 0) is 14.3 Å². The maximum atomic E-state index is 12.6. The van der Waals surface area contributed by atoms with Gasteiger partial charge in [0.1, 0.15) is 30.4 Å². The molecule has 0 spiro atoms. The lowest BCUT2D eigenvalue weighted by molar-refractivity contribution is -0.974. The van der Waals surface area contributed by atoms with Gasteiger partial charge in [0.2, 0.25) is 0 Å². The number of carbonyl (C=O) groups excluding carboxylic acids is 1. The van der Waals surface area contributed by atoms with E-state index in [0.717, 1.165) is 43.0 Å². The van der Waals surface area contributed by atoms with Gasteiger partial charge in [0.25, 0.3) is 0 Å². The highest BCUT2D eigenvalue weighted by molar-refractivity contribution is 5.72. The van der Waals surface area contributed by atoms with Crippen molar-refractivity contribution in [3.8, 4) is 0 Å². The number of morpholine rings is 1. The zero-order chi connectivity index (χ0) is 16.8. The molecule has 140 valence electrons. The molecule has 0 radical (unpaired) electrons. The number of likely N-dealkylation sites (N-methyl/N-ethyl adjacent to an activating group) is 1. The summed E-state index contributed by atoms with van der Waals surface area (Å²) < 4.78 is 13.0. The molecule has 0 aromatic rings. The van der Waals surface area contributed by atoms with Crippen molar-refractivity contribution in [3.63, 3.8) is 0 Å². The highest BCUT2D eigenvalue weighted by Crippen LogP contribution is 2.53. The summed E-state index contributed by atoms with van der Waals surface area (Å²) in [5.41, 5.74) is 0. The summed E-state index contributed by atoms with van der Waals surface area (Å²) >= 11 is 0. The van der Waals surface area contributed by atoms with Crippen molar-refractivity contribution in [3.05, 3.63) is 0 Å². The number of epoxide rings is 1. The van der Waals surface area contributed by atoms with Crippen molar-refractivity contribution in [2.24, 2.45) is 5.92 Å². The average Bonchev–Trinajstić information content (AvgIpc) is 3.25. The second-order valence-electron chi connectivity index (χ2n) is 8.32. The van der Waals surface area contributed by atoms with E-state index in [9.17, 15) is 4.79 Å². The predicted octanol–water partition coefficient (Wildman–Crippen LogP) is 0.286. The second-order valence-corrected chi connectivity index (χ2v) is 8.32. The number of hydrogen-bond acceptors (Lipinski definition) is 3. The van der Waals surface area contributed by atoms with E-state index < -0.39 is 0 Å². The van der Waals surface area contributed by atoms with Crippen LogP contribution in [0.4, 0.5) is 0 Å². The molecule has 0 aromatic heterocycles. The smallest absolute Gasteiger partial charge is 0.309 e. The number of carbonyl (C=O) groups is 1. The van der Waals surface area contributed by atoms with Crippen molar-refractivity contribution < 1.29 is 35.7 Å². The maximum absolute atomic E-state index is 12.6. The van der Waals surface area contributed by atoms with Gasteiger partial charge < -0.3 is 30.9 Å². The molecule has 4 nitrogen and oxygen atoms in total. The topological polar surface area (TPSA) is 38.8 Å². The molecule has 5 heteroatoms.